The molecular formula is C14H18FNO. The monoisotopic (exact) mass is 235 g/mol. The molecule has 0 bridgehead atoms. The van der Waals surface area contributed by atoms with Gasteiger partial charge in [-0.1, -0.05) is 12.1 Å². The van der Waals surface area contributed by atoms with Crippen molar-refractivity contribution in [3.63, 3.8) is 0 Å². The van der Waals surface area contributed by atoms with E-state index < -0.39 is 0 Å². The third-order valence-corrected chi connectivity index (χ3v) is 3.93. The Morgan fingerprint density at radius 3 is 2.65 bits per heavy atom. The van der Waals surface area contributed by atoms with Crippen LogP contribution in [0.2, 0.25) is 0 Å². The molecule has 1 saturated carbocycles. The summed E-state index contributed by atoms with van der Waals surface area (Å²) in [6.45, 7) is 0.763. The zero-order valence-corrected chi connectivity index (χ0v) is 9.86. The fourth-order valence-corrected chi connectivity index (χ4v) is 2.86. The van der Waals surface area contributed by atoms with Crippen LogP contribution in [-0.4, -0.2) is 18.2 Å². The van der Waals surface area contributed by atoms with Crippen molar-refractivity contribution in [2.75, 3.05) is 6.61 Å². The predicted molar refractivity (Wildman–Crippen MR) is 64.1 cm³/mol. The van der Waals surface area contributed by atoms with E-state index in [2.05, 4.69) is 0 Å². The lowest BCUT2D eigenvalue weighted by molar-refractivity contribution is 0.0626. The summed E-state index contributed by atoms with van der Waals surface area (Å²) in [5, 5.41) is 0. The smallest absolute Gasteiger partial charge is 0.123 e. The Morgan fingerprint density at radius 1 is 1.29 bits per heavy atom. The van der Waals surface area contributed by atoms with E-state index in [0.717, 1.165) is 25.0 Å². The Bertz CT molecular complexity index is 401. The van der Waals surface area contributed by atoms with E-state index in [9.17, 15) is 4.39 Å². The average Bonchev–Trinajstić information content (AvgIpc) is 3.07. The van der Waals surface area contributed by atoms with Crippen LogP contribution in [0, 0.1) is 11.7 Å². The number of benzene rings is 1. The first-order chi connectivity index (χ1) is 8.17. The van der Waals surface area contributed by atoms with Gasteiger partial charge in [-0.25, -0.2) is 4.39 Å². The van der Waals surface area contributed by atoms with Crippen LogP contribution in [0.1, 0.15) is 24.8 Å². The highest BCUT2D eigenvalue weighted by Gasteiger charge is 2.48. The Hall–Kier alpha value is -0.930. The highest BCUT2D eigenvalue weighted by Crippen LogP contribution is 2.43. The van der Waals surface area contributed by atoms with Gasteiger partial charge in [-0.3, -0.25) is 0 Å². The summed E-state index contributed by atoms with van der Waals surface area (Å²) < 4.78 is 18.6. The van der Waals surface area contributed by atoms with Crippen LogP contribution in [-0.2, 0) is 11.2 Å². The van der Waals surface area contributed by atoms with E-state index in [1.54, 1.807) is 0 Å². The normalized spacial score (nSPS) is 32.9. The van der Waals surface area contributed by atoms with E-state index in [-0.39, 0.29) is 17.5 Å². The molecule has 2 nitrogen and oxygen atoms in total. The molecule has 1 saturated heterocycles. The van der Waals surface area contributed by atoms with Crippen LogP contribution in [0.3, 0.4) is 0 Å². The molecule has 92 valence electrons. The third kappa shape index (κ3) is 2.22. The number of ether oxygens (including phenoxy) is 1. The maximum Gasteiger partial charge on any atom is 0.123 e. The number of hydrogen-bond acceptors (Lipinski definition) is 2. The number of rotatable bonds is 3. The van der Waals surface area contributed by atoms with Crippen LogP contribution in [0.15, 0.2) is 24.3 Å². The molecule has 1 heterocycles. The molecule has 0 amide bonds. The summed E-state index contributed by atoms with van der Waals surface area (Å²) in [5.74, 6) is 0.462. The van der Waals surface area contributed by atoms with Gasteiger partial charge < -0.3 is 10.5 Å². The topological polar surface area (TPSA) is 35.2 Å². The zero-order valence-electron chi connectivity index (χ0n) is 9.86. The molecule has 1 aromatic carbocycles. The lowest BCUT2D eigenvalue weighted by Gasteiger charge is -2.30. The summed E-state index contributed by atoms with van der Waals surface area (Å²) in [7, 11) is 0. The molecule has 3 rings (SSSR count). The molecule has 0 aromatic heterocycles. The minimum atomic E-state index is -0.251. The molecule has 2 fully saturated rings. The second kappa shape index (κ2) is 4.07. The molecule has 3 heteroatoms. The molecular weight excluding hydrogens is 217 g/mol. The molecule has 2 N–H and O–H groups in total. The predicted octanol–water partition coefficient (Wildman–Crippen LogP) is 2.26. The standard InChI is InChI=1S/C14H18FNO/c15-12-5-1-10(2-6-12)9-14(16)7-8-17-13(14)11-3-4-11/h1-2,5-6,11,13H,3-4,7-9,16H2. The highest BCUT2D eigenvalue weighted by molar-refractivity contribution is 5.21. The largest absolute Gasteiger partial charge is 0.376 e. The van der Waals surface area contributed by atoms with E-state index in [1.165, 1.54) is 25.0 Å². The quantitative estimate of drug-likeness (QED) is 0.872. The molecule has 1 aromatic rings. The van der Waals surface area contributed by atoms with Crippen LogP contribution < -0.4 is 5.73 Å². The van der Waals surface area contributed by atoms with Gasteiger partial charge in [0.2, 0.25) is 0 Å². The highest BCUT2D eigenvalue weighted by atomic mass is 19.1. The fraction of sp³-hybridized carbons (Fsp3) is 0.571. The third-order valence-electron chi connectivity index (χ3n) is 3.93. The van der Waals surface area contributed by atoms with E-state index in [4.69, 9.17) is 10.5 Å². The maximum atomic E-state index is 12.9. The number of hydrogen-bond donors (Lipinski definition) is 1. The maximum absolute atomic E-state index is 12.9. The molecule has 2 unspecified atom stereocenters. The van der Waals surface area contributed by atoms with Gasteiger partial charge in [-0.05, 0) is 49.3 Å². The van der Waals surface area contributed by atoms with Crippen molar-refractivity contribution in [3.05, 3.63) is 35.6 Å². The molecule has 0 spiro atoms. The van der Waals surface area contributed by atoms with Crippen molar-refractivity contribution < 1.29 is 9.13 Å². The molecule has 2 aliphatic rings. The second-order valence-corrected chi connectivity index (χ2v) is 5.42. The Balaban J connectivity index is 1.76. The molecule has 1 aliphatic heterocycles. The first-order valence-electron chi connectivity index (χ1n) is 6.32. The van der Waals surface area contributed by atoms with Gasteiger partial charge in [0.1, 0.15) is 5.82 Å². The Labute approximate surface area is 101 Å². The van der Waals surface area contributed by atoms with Crippen molar-refractivity contribution in [3.8, 4) is 0 Å². The van der Waals surface area contributed by atoms with Gasteiger partial charge in [0, 0.05) is 12.1 Å². The van der Waals surface area contributed by atoms with Gasteiger partial charge in [0.25, 0.3) is 0 Å². The SMILES string of the molecule is NC1(Cc2ccc(F)cc2)CCOC1C1CC1. The van der Waals surface area contributed by atoms with Gasteiger partial charge in [0.15, 0.2) is 0 Å². The summed E-state index contributed by atoms with van der Waals surface area (Å²) in [4.78, 5) is 0. The first-order valence-corrected chi connectivity index (χ1v) is 6.32. The molecule has 2 atom stereocenters. The number of nitrogens with two attached hydrogens (primary N) is 1. The van der Waals surface area contributed by atoms with Crippen molar-refractivity contribution in [1.29, 1.82) is 0 Å². The number of halogens is 1. The van der Waals surface area contributed by atoms with Gasteiger partial charge in [-0.15, -0.1) is 0 Å². The summed E-state index contributed by atoms with van der Waals surface area (Å²) in [6.07, 6.45) is 4.38. The van der Waals surface area contributed by atoms with E-state index >= 15 is 0 Å². The van der Waals surface area contributed by atoms with E-state index in [0.29, 0.717) is 5.92 Å². The minimum absolute atomic E-state index is 0.193. The Morgan fingerprint density at radius 2 is 2.00 bits per heavy atom. The molecule has 1 aliphatic carbocycles. The lowest BCUT2D eigenvalue weighted by Crippen LogP contribution is -2.50. The average molecular weight is 235 g/mol. The van der Waals surface area contributed by atoms with Crippen molar-refractivity contribution >= 4 is 0 Å². The minimum Gasteiger partial charge on any atom is -0.376 e. The van der Waals surface area contributed by atoms with E-state index in [1.807, 2.05) is 12.1 Å². The van der Waals surface area contributed by atoms with Crippen LogP contribution in [0.25, 0.3) is 0 Å². The van der Waals surface area contributed by atoms with Crippen molar-refractivity contribution in [2.45, 2.75) is 37.3 Å². The molecule has 0 radical (unpaired) electrons. The lowest BCUT2D eigenvalue weighted by atomic mass is 9.83. The van der Waals surface area contributed by atoms with Crippen LogP contribution in [0.5, 0.6) is 0 Å². The summed E-state index contributed by atoms with van der Waals surface area (Å²) in [5.41, 5.74) is 7.35. The van der Waals surface area contributed by atoms with Gasteiger partial charge >= 0.3 is 0 Å². The van der Waals surface area contributed by atoms with Crippen molar-refractivity contribution in [1.82, 2.24) is 0 Å². The fourth-order valence-electron chi connectivity index (χ4n) is 2.86. The molecule has 17 heavy (non-hydrogen) atoms. The second-order valence-electron chi connectivity index (χ2n) is 5.42. The first kappa shape index (κ1) is 11.2. The summed E-state index contributed by atoms with van der Waals surface area (Å²) >= 11 is 0. The van der Waals surface area contributed by atoms with Gasteiger partial charge in [-0.2, -0.15) is 0 Å². The van der Waals surface area contributed by atoms with Crippen LogP contribution in [0.4, 0.5) is 4.39 Å². The van der Waals surface area contributed by atoms with Gasteiger partial charge in [0.05, 0.1) is 6.10 Å². The van der Waals surface area contributed by atoms with Crippen molar-refractivity contribution in [2.24, 2.45) is 11.7 Å². The zero-order chi connectivity index (χ0) is 11.9. The van der Waals surface area contributed by atoms with Crippen LogP contribution >= 0.6 is 0 Å². The Kier molecular flexibility index (Phi) is 2.68. The summed E-state index contributed by atoms with van der Waals surface area (Å²) in [6, 6.07) is 6.65.